The second kappa shape index (κ2) is 12.1. The van der Waals surface area contributed by atoms with Crippen LogP contribution in [0.4, 0.5) is 0 Å². The van der Waals surface area contributed by atoms with E-state index in [1.165, 1.54) is 30.0 Å². The quantitative estimate of drug-likeness (QED) is 0.539. The van der Waals surface area contributed by atoms with Gasteiger partial charge in [-0.1, -0.05) is 44.2 Å². The van der Waals surface area contributed by atoms with Crippen LogP contribution < -0.4 is 10.6 Å². The molecule has 0 aromatic carbocycles. The Kier molecular flexibility index (Phi) is 8.86. The van der Waals surface area contributed by atoms with Crippen molar-refractivity contribution in [2.45, 2.75) is 68.5 Å². The van der Waals surface area contributed by atoms with Gasteiger partial charge in [-0.15, -0.1) is 11.3 Å². The van der Waals surface area contributed by atoms with Crippen LogP contribution in [0.15, 0.2) is 46.9 Å². The predicted octanol–water partition coefficient (Wildman–Crippen LogP) is 2.75. The SMILES string of the molecule is O=C(N[C@@H](CC1CCCCC1)C(=O)NC1CCCN(S(=O)(=O)c2ccccn2)CC1=O)c1cccs1. The van der Waals surface area contributed by atoms with Crippen LogP contribution in [0.25, 0.3) is 0 Å². The highest BCUT2D eigenvalue weighted by atomic mass is 32.2. The van der Waals surface area contributed by atoms with E-state index >= 15 is 0 Å². The average Bonchev–Trinajstić information content (AvgIpc) is 3.36. The van der Waals surface area contributed by atoms with Gasteiger partial charge in [0, 0.05) is 12.7 Å². The van der Waals surface area contributed by atoms with Crippen LogP contribution in [0.1, 0.15) is 61.0 Å². The summed E-state index contributed by atoms with van der Waals surface area (Å²) >= 11 is 1.30. The zero-order valence-electron chi connectivity index (χ0n) is 20.1. The molecule has 11 heteroatoms. The van der Waals surface area contributed by atoms with Crippen LogP contribution in [0.5, 0.6) is 0 Å². The second-order valence-corrected chi connectivity index (χ2v) is 12.3. The Hall–Kier alpha value is -2.63. The molecule has 0 spiro atoms. The van der Waals surface area contributed by atoms with E-state index in [1.807, 2.05) is 0 Å². The third kappa shape index (κ3) is 6.57. The van der Waals surface area contributed by atoms with Crippen molar-refractivity contribution in [3.05, 3.63) is 46.8 Å². The molecule has 2 N–H and O–H groups in total. The minimum atomic E-state index is -3.91. The van der Waals surface area contributed by atoms with Crippen LogP contribution in [0.2, 0.25) is 0 Å². The Balaban J connectivity index is 1.43. The number of rotatable bonds is 8. The van der Waals surface area contributed by atoms with Gasteiger partial charge >= 0.3 is 0 Å². The molecule has 1 aliphatic heterocycles. The monoisotopic (exact) mass is 532 g/mol. The molecule has 1 aliphatic carbocycles. The molecular weight excluding hydrogens is 500 g/mol. The molecular formula is C25H32N4O5S2. The van der Waals surface area contributed by atoms with Crippen molar-refractivity contribution in [3.63, 3.8) is 0 Å². The standard InChI is InChI=1S/C25H32N4O5S2/c30-21-17-29(36(33,34)23-12-4-5-13-26-23)14-6-10-19(21)27-24(31)20(16-18-8-2-1-3-9-18)28-25(32)22-11-7-15-35-22/h4-5,7,11-13,15,18-20H,1-3,6,8-10,14,16-17H2,(H,27,31)(H,28,32)/t19?,20-/m0/s1. The number of nitrogens with zero attached hydrogens (tertiary/aromatic N) is 2. The van der Waals surface area contributed by atoms with Gasteiger partial charge in [0.15, 0.2) is 10.8 Å². The molecule has 3 heterocycles. The van der Waals surface area contributed by atoms with Crippen LogP contribution in [0, 0.1) is 5.92 Å². The maximum absolute atomic E-state index is 13.3. The van der Waals surface area contributed by atoms with Gasteiger partial charge in [-0.05, 0) is 48.8 Å². The molecule has 4 rings (SSSR count). The summed E-state index contributed by atoms with van der Waals surface area (Å²) in [4.78, 5) is 43.6. The zero-order chi connectivity index (χ0) is 25.5. The summed E-state index contributed by atoms with van der Waals surface area (Å²) in [5, 5.41) is 7.40. The maximum atomic E-state index is 13.3. The van der Waals surface area contributed by atoms with Gasteiger partial charge in [0.2, 0.25) is 5.91 Å². The number of ketones is 1. The Bertz CT molecular complexity index is 1150. The summed E-state index contributed by atoms with van der Waals surface area (Å²) in [6.07, 6.45) is 8.09. The number of hydrogen-bond donors (Lipinski definition) is 2. The van der Waals surface area contributed by atoms with E-state index in [4.69, 9.17) is 0 Å². The number of nitrogens with one attached hydrogen (secondary N) is 2. The number of hydrogen-bond acceptors (Lipinski definition) is 7. The van der Waals surface area contributed by atoms with Crippen LogP contribution >= 0.6 is 11.3 Å². The fourth-order valence-electron chi connectivity index (χ4n) is 4.88. The molecule has 194 valence electrons. The van der Waals surface area contributed by atoms with E-state index in [1.54, 1.807) is 29.6 Å². The first-order chi connectivity index (χ1) is 17.3. The molecule has 2 amide bonds. The Labute approximate surface area is 215 Å². The van der Waals surface area contributed by atoms with Crippen molar-refractivity contribution >= 4 is 39.0 Å². The van der Waals surface area contributed by atoms with Crippen LogP contribution in [-0.4, -0.2) is 60.5 Å². The molecule has 36 heavy (non-hydrogen) atoms. The van der Waals surface area contributed by atoms with Gasteiger partial charge in [0.1, 0.15) is 6.04 Å². The van der Waals surface area contributed by atoms with Crippen molar-refractivity contribution in [3.8, 4) is 0 Å². The van der Waals surface area contributed by atoms with E-state index in [9.17, 15) is 22.8 Å². The zero-order valence-corrected chi connectivity index (χ0v) is 21.7. The smallest absolute Gasteiger partial charge is 0.261 e. The van der Waals surface area contributed by atoms with Gasteiger partial charge in [-0.2, -0.15) is 4.31 Å². The number of amides is 2. The topological polar surface area (TPSA) is 126 Å². The number of thiophene rings is 1. The summed E-state index contributed by atoms with van der Waals surface area (Å²) in [5.74, 6) is -0.742. The molecule has 2 aliphatic rings. The second-order valence-electron chi connectivity index (χ2n) is 9.42. The first kappa shape index (κ1) is 26.4. The molecule has 1 saturated heterocycles. The molecule has 2 aromatic heterocycles. The van der Waals surface area contributed by atoms with E-state index in [0.29, 0.717) is 30.1 Å². The highest BCUT2D eigenvalue weighted by Crippen LogP contribution is 2.28. The maximum Gasteiger partial charge on any atom is 0.261 e. The summed E-state index contributed by atoms with van der Waals surface area (Å²) in [6.45, 7) is -0.170. The summed E-state index contributed by atoms with van der Waals surface area (Å²) in [6, 6.07) is 6.53. The first-order valence-corrected chi connectivity index (χ1v) is 14.7. The van der Waals surface area contributed by atoms with Crippen molar-refractivity contribution in [2.24, 2.45) is 5.92 Å². The number of Topliss-reactive ketones (excluding diaryl/α,β-unsaturated/α-hetero) is 1. The highest BCUT2D eigenvalue weighted by Gasteiger charge is 2.35. The minimum absolute atomic E-state index is 0.107. The average molecular weight is 533 g/mol. The number of carbonyl (C=O) groups is 3. The van der Waals surface area contributed by atoms with Crippen molar-refractivity contribution in [1.29, 1.82) is 0 Å². The predicted molar refractivity (Wildman–Crippen MR) is 136 cm³/mol. The molecule has 0 bridgehead atoms. The highest BCUT2D eigenvalue weighted by molar-refractivity contribution is 7.89. The van der Waals surface area contributed by atoms with Gasteiger partial charge in [0.25, 0.3) is 15.9 Å². The van der Waals surface area contributed by atoms with Gasteiger partial charge in [-0.25, -0.2) is 13.4 Å². The van der Waals surface area contributed by atoms with Crippen LogP contribution in [0.3, 0.4) is 0 Å². The minimum Gasteiger partial charge on any atom is -0.344 e. The van der Waals surface area contributed by atoms with Gasteiger partial charge < -0.3 is 10.6 Å². The number of pyridine rings is 1. The summed E-state index contributed by atoms with van der Waals surface area (Å²) in [7, 11) is -3.91. The molecule has 2 fully saturated rings. The fourth-order valence-corrected chi connectivity index (χ4v) is 6.89. The third-order valence-electron chi connectivity index (χ3n) is 6.84. The lowest BCUT2D eigenvalue weighted by atomic mass is 9.84. The Morgan fingerprint density at radius 3 is 2.58 bits per heavy atom. The Morgan fingerprint density at radius 1 is 1.08 bits per heavy atom. The largest absolute Gasteiger partial charge is 0.344 e. The van der Waals surface area contributed by atoms with Gasteiger partial charge in [0.05, 0.1) is 17.5 Å². The molecule has 9 nitrogen and oxygen atoms in total. The van der Waals surface area contributed by atoms with Crippen molar-refractivity contribution < 1.29 is 22.8 Å². The lowest BCUT2D eigenvalue weighted by molar-refractivity contribution is -0.129. The molecule has 2 aromatic rings. The number of aromatic nitrogens is 1. The van der Waals surface area contributed by atoms with E-state index in [2.05, 4.69) is 15.6 Å². The Morgan fingerprint density at radius 2 is 1.89 bits per heavy atom. The van der Waals surface area contributed by atoms with E-state index < -0.39 is 28.0 Å². The number of sulfonamides is 1. The van der Waals surface area contributed by atoms with E-state index in [0.717, 1.165) is 30.0 Å². The van der Waals surface area contributed by atoms with E-state index in [-0.39, 0.29) is 29.8 Å². The summed E-state index contributed by atoms with van der Waals surface area (Å²) < 4.78 is 27.0. The lowest BCUT2D eigenvalue weighted by Gasteiger charge is -2.27. The lowest BCUT2D eigenvalue weighted by Crippen LogP contribution is -2.52. The normalized spacial score (nSPS) is 20.9. The van der Waals surface area contributed by atoms with Crippen LogP contribution in [-0.2, 0) is 19.6 Å². The first-order valence-electron chi connectivity index (χ1n) is 12.4. The van der Waals surface area contributed by atoms with Gasteiger partial charge in [-0.3, -0.25) is 14.4 Å². The third-order valence-corrected chi connectivity index (χ3v) is 9.47. The molecule has 2 atom stereocenters. The fraction of sp³-hybridized carbons (Fsp3) is 0.520. The van der Waals surface area contributed by atoms with Crippen molar-refractivity contribution in [1.82, 2.24) is 19.9 Å². The van der Waals surface area contributed by atoms with Crippen molar-refractivity contribution in [2.75, 3.05) is 13.1 Å². The molecule has 1 saturated carbocycles. The molecule has 0 radical (unpaired) electrons. The number of carbonyl (C=O) groups excluding carboxylic acids is 3. The summed E-state index contributed by atoms with van der Waals surface area (Å²) in [5.41, 5.74) is 0. The molecule has 1 unspecified atom stereocenters.